The van der Waals surface area contributed by atoms with Gasteiger partial charge in [-0.3, -0.25) is 0 Å². The van der Waals surface area contributed by atoms with Crippen LogP contribution in [0.15, 0.2) is 35.6 Å². The first-order valence-corrected chi connectivity index (χ1v) is 10.6. The molecule has 0 aromatic rings. The Morgan fingerprint density at radius 1 is 1.07 bits per heavy atom. The fourth-order valence-electron chi connectivity index (χ4n) is 2.48. The topological polar surface area (TPSA) is 26.0 Å². The standard InChI is InChI=1S/C11H20.C7H14.C3H7N.C3H8.C2H2/c1-6-10(4)8-11(5)7-9(2)3;1-7-5-3-2-4-6-7;1-3(2)4;1-3-2;1-2/h6,8-9H,7H2,1-5H3;7H,2-6H2,1H3;1,4H2,2H3;3H2,1-2H3;1-2H/b10-6-,11-8-;;;;. The van der Waals surface area contributed by atoms with E-state index in [2.05, 4.69) is 87.0 Å². The molecule has 1 saturated carbocycles. The van der Waals surface area contributed by atoms with Crippen LogP contribution in [-0.4, -0.2) is 0 Å². The van der Waals surface area contributed by atoms with Crippen molar-refractivity contribution in [1.82, 2.24) is 0 Å². The van der Waals surface area contributed by atoms with Gasteiger partial charge < -0.3 is 5.73 Å². The third-order valence-electron chi connectivity index (χ3n) is 3.55. The van der Waals surface area contributed by atoms with Crippen LogP contribution in [0.3, 0.4) is 0 Å². The number of hydrogen-bond acceptors (Lipinski definition) is 1. The molecule has 0 unspecified atom stereocenters. The Hall–Kier alpha value is -1.42. The molecule has 0 atom stereocenters. The second kappa shape index (κ2) is 26.8. The fourth-order valence-corrected chi connectivity index (χ4v) is 2.48. The zero-order chi connectivity index (χ0) is 22.3. The molecule has 1 rings (SSSR count). The highest BCUT2D eigenvalue weighted by Crippen LogP contribution is 2.22. The van der Waals surface area contributed by atoms with Crippen LogP contribution in [0.1, 0.15) is 107 Å². The minimum atomic E-state index is 0.667. The van der Waals surface area contributed by atoms with Crippen molar-refractivity contribution in [2.75, 3.05) is 0 Å². The molecule has 0 radical (unpaired) electrons. The van der Waals surface area contributed by atoms with Crippen LogP contribution in [-0.2, 0) is 0 Å². The van der Waals surface area contributed by atoms with E-state index in [1.807, 2.05) is 0 Å². The molecule has 160 valence electrons. The zero-order valence-electron chi connectivity index (χ0n) is 20.2. The third kappa shape index (κ3) is 45.6. The average molecular weight is 378 g/mol. The predicted octanol–water partition coefficient (Wildman–Crippen LogP) is 8.68. The van der Waals surface area contributed by atoms with Gasteiger partial charge in [0.15, 0.2) is 0 Å². The molecule has 2 N–H and O–H groups in total. The monoisotopic (exact) mass is 377 g/mol. The molecule has 0 heterocycles. The van der Waals surface area contributed by atoms with Gasteiger partial charge in [0.25, 0.3) is 0 Å². The van der Waals surface area contributed by atoms with E-state index in [1.54, 1.807) is 6.92 Å². The Balaban J connectivity index is -0.000000141. The van der Waals surface area contributed by atoms with Gasteiger partial charge in [0, 0.05) is 0 Å². The summed E-state index contributed by atoms with van der Waals surface area (Å²) in [5.74, 6) is 1.81. The predicted molar refractivity (Wildman–Crippen MR) is 130 cm³/mol. The molecule has 0 aliphatic heterocycles. The molecule has 1 fully saturated rings. The molecule has 0 bridgehead atoms. The largest absolute Gasteiger partial charge is 0.403 e. The fraction of sp³-hybridized carbons (Fsp3) is 0.692. The van der Waals surface area contributed by atoms with Crippen molar-refractivity contribution in [2.24, 2.45) is 17.6 Å². The molecule has 0 spiro atoms. The molecule has 0 aromatic heterocycles. The summed E-state index contributed by atoms with van der Waals surface area (Å²) < 4.78 is 0. The lowest BCUT2D eigenvalue weighted by molar-refractivity contribution is 0.385. The van der Waals surface area contributed by atoms with Crippen LogP contribution in [0.2, 0.25) is 0 Å². The summed E-state index contributed by atoms with van der Waals surface area (Å²) in [6.07, 6.45) is 22.3. The molecular weight excluding hydrogens is 326 g/mol. The van der Waals surface area contributed by atoms with Crippen molar-refractivity contribution in [3.63, 3.8) is 0 Å². The van der Waals surface area contributed by atoms with Gasteiger partial charge in [-0.15, -0.1) is 12.8 Å². The van der Waals surface area contributed by atoms with E-state index < -0.39 is 0 Å². The maximum atomic E-state index is 4.92. The molecule has 0 amide bonds. The number of rotatable bonds is 3. The average Bonchev–Trinajstić information content (AvgIpc) is 2.57. The molecular formula is C26H51N. The third-order valence-corrected chi connectivity index (χ3v) is 3.55. The van der Waals surface area contributed by atoms with Crippen molar-refractivity contribution in [3.05, 3.63) is 35.6 Å². The molecule has 0 saturated heterocycles. The lowest BCUT2D eigenvalue weighted by atomic mass is 9.91. The van der Waals surface area contributed by atoms with Crippen LogP contribution in [0.25, 0.3) is 0 Å². The quantitative estimate of drug-likeness (QED) is 0.386. The number of hydrogen-bond donors (Lipinski definition) is 1. The van der Waals surface area contributed by atoms with Crippen LogP contribution in [0, 0.1) is 24.7 Å². The lowest BCUT2D eigenvalue weighted by Gasteiger charge is -2.15. The van der Waals surface area contributed by atoms with Gasteiger partial charge in [-0.1, -0.05) is 103 Å². The molecule has 1 aliphatic rings. The van der Waals surface area contributed by atoms with Gasteiger partial charge in [0.1, 0.15) is 0 Å². The SMILES string of the molecule is C#C.C/C=C(C)\C=C(\C)CC(C)C.C=C(C)N.CC1CCCCC1.CCC. The maximum absolute atomic E-state index is 4.92. The van der Waals surface area contributed by atoms with E-state index in [9.17, 15) is 0 Å². The summed E-state index contributed by atoms with van der Waals surface area (Å²) in [5.41, 5.74) is 8.43. The van der Waals surface area contributed by atoms with Crippen molar-refractivity contribution < 1.29 is 0 Å². The normalized spacial score (nSPS) is 14.1. The first kappa shape index (κ1) is 33.2. The molecule has 1 heteroatoms. The van der Waals surface area contributed by atoms with E-state index in [0.717, 1.165) is 11.8 Å². The van der Waals surface area contributed by atoms with Crippen LogP contribution in [0.4, 0.5) is 0 Å². The lowest BCUT2D eigenvalue weighted by Crippen LogP contribution is -1.99. The first-order chi connectivity index (χ1) is 12.6. The zero-order valence-corrected chi connectivity index (χ0v) is 20.2. The summed E-state index contributed by atoms with van der Waals surface area (Å²) >= 11 is 0. The highest BCUT2D eigenvalue weighted by molar-refractivity contribution is 5.19. The van der Waals surface area contributed by atoms with Gasteiger partial charge in [0.2, 0.25) is 0 Å². The van der Waals surface area contributed by atoms with Gasteiger partial charge in [-0.25, -0.2) is 0 Å². The molecule has 1 nitrogen and oxygen atoms in total. The number of nitrogens with two attached hydrogens (primary N) is 1. The summed E-state index contributed by atoms with van der Waals surface area (Å²) in [7, 11) is 0. The Labute approximate surface area is 173 Å². The second-order valence-corrected chi connectivity index (χ2v) is 7.92. The summed E-state index contributed by atoms with van der Waals surface area (Å²) in [4.78, 5) is 0. The van der Waals surface area contributed by atoms with Crippen molar-refractivity contribution >= 4 is 0 Å². The minimum Gasteiger partial charge on any atom is -0.403 e. The van der Waals surface area contributed by atoms with Crippen LogP contribution < -0.4 is 5.73 Å². The minimum absolute atomic E-state index is 0.667. The van der Waals surface area contributed by atoms with Gasteiger partial charge in [0.05, 0.1) is 0 Å². The van der Waals surface area contributed by atoms with Gasteiger partial charge in [-0.05, 0) is 51.6 Å². The Bertz CT molecular complexity index is 372. The summed E-state index contributed by atoms with van der Waals surface area (Å²) in [6, 6.07) is 0. The Morgan fingerprint density at radius 3 is 1.67 bits per heavy atom. The van der Waals surface area contributed by atoms with Gasteiger partial charge in [-0.2, -0.15) is 0 Å². The van der Waals surface area contributed by atoms with Gasteiger partial charge >= 0.3 is 0 Å². The Kier molecular flexibility index (Phi) is 32.9. The summed E-state index contributed by atoms with van der Waals surface area (Å²) in [6.45, 7) is 22.6. The van der Waals surface area contributed by atoms with Crippen molar-refractivity contribution in [3.8, 4) is 12.8 Å². The van der Waals surface area contributed by atoms with E-state index >= 15 is 0 Å². The van der Waals surface area contributed by atoms with E-state index in [1.165, 1.54) is 56.1 Å². The highest BCUT2D eigenvalue weighted by Gasteiger charge is 2.05. The Morgan fingerprint density at radius 2 is 1.44 bits per heavy atom. The maximum Gasteiger partial charge on any atom is -0.00242 e. The smallest absolute Gasteiger partial charge is 0.00242 e. The molecule has 27 heavy (non-hydrogen) atoms. The van der Waals surface area contributed by atoms with Crippen LogP contribution >= 0.6 is 0 Å². The van der Waals surface area contributed by atoms with E-state index in [0.29, 0.717) is 5.70 Å². The second-order valence-electron chi connectivity index (χ2n) is 7.92. The first-order valence-electron chi connectivity index (χ1n) is 10.6. The number of terminal acetylenes is 1. The molecule has 1 aliphatic carbocycles. The van der Waals surface area contributed by atoms with Crippen molar-refractivity contribution in [1.29, 1.82) is 0 Å². The highest BCUT2D eigenvalue weighted by atomic mass is 14.5. The molecule has 0 aromatic carbocycles. The van der Waals surface area contributed by atoms with E-state index in [-0.39, 0.29) is 0 Å². The van der Waals surface area contributed by atoms with Crippen molar-refractivity contribution in [2.45, 2.75) is 107 Å². The number of allylic oxidation sites excluding steroid dienone is 5. The van der Waals surface area contributed by atoms with Crippen LogP contribution in [0.5, 0.6) is 0 Å². The van der Waals surface area contributed by atoms with E-state index in [4.69, 9.17) is 5.73 Å². The summed E-state index contributed by atoms with van der Waals surface area (Å²) in [5, 5.41) is 0.